The molecule has 21 heavy (non-hydrogen) atoms. The summed E-state index contributed by atoms with van der Waals surface area (Å²) in [5, 5.41) is 5.13. The highest BCUT2D eigenvalue weighted by molar-refractivity contribution is 7.13. The highest BCUT2D eigenvalue weighted by Gasteiger charge is 2.10. The van der Waals surface area contributed by atoms with Crippen molar-refractivity contribution in [3.05, 3.63) is 77.2 Å². The van der Waals surface area contributed by atoms with Crippen molar-refractivity contribution >= 4 is 17.0 Å². The summed E-state index contributed by atoms with van der Waals surface area (Å²) in [7, 11) is 0. The fourth-order valence-corrected chi connectivity index (χ4v) is 2.93. The van der Waals surface area contributed by atoms with Gasteiger partial charge in [0.15, 0.2) is 0 Å². The van der Waals surface area contributed by atoms with Gasteiger partial charge in [0.2, 0.25) is 0 Å². The van der Waals surface area contributed by atoms with Crippen molar-refractivity contribution in [1.29, 1.82) is 0 Å². The molecule has 0 spiro atoms. The van der Waals surface area contributed by atoms with E-state index >= 15 is 0 Å². The molecule has 1 N–H and O–H groups in total. The predicted octanol–water partition coefficient (Wildman–Crippen LogP) is 5.31. The van der Waals surface area contributed by atoms with Crippen LogP contribution in [0, 0.1) is 11.6 Å². The lowest BCUT2D eigenvalue weighted by atomic mass is 10.1. The Hall–Kier alpha value is -2.20. The molecular formula is C17H13F2NS. The lowest BCUT2D eigenvalue weighted by molar-refractivity contribution is 0.560. The zero-order valence-electron chi connectivity index (χ0n) is 11.1. The largest absolute Gasteiger partial charge is 0.380 e. The number of benzene rings is 2. The monoisotopic (exact) mass is 301 g/mol. The molecule has 0 saturated heterocycles. The van der Waals surface area contributed by atoms with Gasteiger partial charge in [-0.3, -0.25) is 0 Å². The van der Waals surface area contributed by atoms with Gasteiger partial charge in [-0.1, -0.05) is 30.3 Å². The zero-order chi connectivity index (χ0) is 14.7. The Kier molecular flexibility index (Phi) is 3.97. The van der Waals surface area contributed by atoms with Crippen molar-refractivity contribution in [3.63, 3.8) is 0 Å². The Morgan fingerprint density at radius 2 is 1.62 bits per heavy atom. The first-order valence-corrected chi connectivity index (χ1v) is 7.43. The van der Waals surface area contributed by atoms with E-state index in [1.165, 1.54) is 18.2 Å². The van der Waals surface area contributed by atoms with Crippen LogP contribution in [-0.2, 0) is 6.54 Å². The average Bonchev–Trinajstić information content (AvgIpc) is 3.01. The van der Waals surface area contributed by atoms with Crippen LogP contribution in [0.3, 0.4) is 0 Å². The molecule has 0 aliphatic carbocycles. The molecule has 0 bridgehead atoms. The minimum Gasteiger partial charge on any atom is -0.380 e. The third-order valence-electron chi connectivity index (χ3n) is 3.23. The number of hydrogen-bond donors (Lipinski definition) is 1. The van der Waals surface area contributed by atoms with Crippen LogP contribution in [0.5, 0.6) is 0 Å². The van der Waals surface area contributed by atoms with Crippen LogP contribution in [0.1, 0.15) is 5.56 Å². The number of hydrogen-bond acceptors (Lipinski definition) is 2. The summed E-state index contributed by atoms with van der Waals surface area (Å²) in [5.74, 6) is -1.06. The summed E-state index contributed by atoms with van der Waals surface area (Å²) in [6.45, 7) is 0.112. The van der Waals surface area contributed by atoms with Crippen LogP contribution in [0.15, 0.2) is 60.0 Å². The van der Waals surface area contributed by atoms with Gasteiger partial charge < -0.3 is 5.32 Å². The lowest BCUT2D eigenvalue weighted by Gasteiger charge is -2.12. The summed E-state index contributed by atoms with van der Waals surface area (Å²) < 4.78 is 27.3. The fourth-order valence-electron chi connectivity index (χ4n) is 2.17. The number of halogens is 2. The molecule has 0 fully saturated rings. The second-order valence-corrected chi connectivity index (χ2v) is 5.52. The van der Waals surface area contributed by atoms with Crippen molar-refractivity contribution in [2.45, 2.75) is 6.54 Å². The third kappa shape index (κ3) is 2.95. The molecule has 0 aliphatic rings. The number of thiophene rings is 1. The van der Waals surface area contributed by atoms with Crippen LogP contribution >= 0.6 is 11.3 Å². The highest BCUT2D eigenvalue weighted by atomic mass is 32.1. The van der Waals surface area contributed by atoms with Gasteiger partial charge in [0.1, 0.15) is 11.6 Å². The molecule has 3 rings (SSSR count). The molecule has 0 radical (unpaired) electrons. The van der Waals surface area contributed by atoms with Gasteiger partial charge in [-0.25, -0.2) is 8.78 Å². The average molecular weight is 301 g/mol. The number of anilines is 1. The smallest absolute Gasteiger partial charge is 0.131 e. The van der Waals surface area contributed by atoms with E-state index in [0.29, 0.717) is 0 Å². The van der Waals surface area contributed by atoms with Gasteiger partial charge in [-0.15, -0.1) is 11.3 Å². The number of para-hydroxylation sites is 1. The van der Waals surface area contributed by atoms with Crippen molar-refractivity contribution in [2.75, 3.05) is 5.32 Å². The van der Waals surface area contributed by atoms with Crippen LogP contribution < -0.4 is 5.32 Å². The van der Waals surface area contributed by atoms with Gasteiger partial charge in [-0.2, -0.15) is 0 Å². The predicted molar refractivity (Wildman–Crippen MR) is 83.4 cm³/mol. The molecule has 0 atom stereocenters. The second-order valence-electron chi connectivity index (χ2n) is 4.58. The summed E-state index contributed by atoms with van der Waals surface area (Å²) in [6, 6.07) is 15.7. The van der Waals surface area contributed by atoms with Gasteiger partial charge in [0, 0.05) is 28.2 Å². The van der Waals surface area contributed by atoms with E-state index in [2.05, 4.69) is 5.32 Å². The topological polar surface area (TPSA) is 12.0 Å². The summed E-state index contributed by atoms with van der Waals surface area (Å²) in [4.78, 5) is 1.12. The summed E-state index contributed by atoms with van der Waals surface area (Å²) in [6.07, 6.45) is 0. The Bertz CT molecular complexity index is 718. The molecule has 0 unspecified atom stereocenters. The Balaban J connectivity index is 1.86. The maximum absolute atomic E-state index is 13.6. The Labute approximate surface area is 125 Å². The van der Waals surface area contributed by atoms with Gasteiger partial charge in [0.25, 0.3) is 0 Å². The Morgan fingerprint density at radius 3 is 2.33 bits per heavy atom. The first-order valence-electron chi connectivity index (χ1n) is 6.55. The molecule has 1 nitrogen and oxygen atoms in total. The van der Waals surface area contributed by atoms with E-state index in [1.807, 2.05) is 41.8 Å². The van der Waals surface area contributed by atoms with Gasteiger partial charge in [0.05, 0.1) is 0 Å². The molecule has 1 aromatic heterocycles. The normalized spacial score (nSPS) is 10.6. The first-order chi connectivity index (χ1) is 10.3. The van der Waals surface area contributed by atoms with Crippen molar-refractivity contribution < 1.29 is 8.78 Å². The van der Waals surface area contributed by atoms with Gasteiger partial charge >= 0.3 is 0 Å². The van der Waals surface area contributed by atoms with Crippen molar-refractivity contribution in [1.82, 2.24) is 0 Å². The van der Waals surface area contributed by atoms with E-state index in [-0.39, 0.29) is 12.1 Å². The highest BCUT2D eigenvalue weighted by Crippen LogP contribution is 2.31. The van der Waals surface area contributed by atoms with Crippen molar-refractivity contribution in [3.8, 4) is 10.4 Å². The van der Waals surface area contributed by atoms with E-state index < -0.39 is 11.6 Å². The number of rotatable bonds is 4. The molecule has 1 heterocycles. The molecule has 0 saturated carbocycles. The minimum atomic E-state index is -0.531. The van der Waals surface area contributed by atoms with Crippen molar-refractivity contribution in [2.24, 2.45) is 0 Å². The molecular weight excluding hydrogens is 288 g/mol. The minimum absolute atomic E-state index is 0.0542. The maximum atomic E-state index is 13.6. The van der Waals surface area contributed by atoms with E-state index in [1.54, 1.807) is 11.3 Å². The Morgan fingerprint density at radius 1 is 0.857 bits per heavy atom. The summed E-state index contributed by atoms with van der Waals surface area (Å²) >= 11 is 1.63. The zero-order valence-corrected chi connectivity index (χ0v) is 12.0. The molecule has 0 aliphatic heterocycles. The quantitative estimate of drug-likeness (QED) is 0.689. The van der Waals surface area contributed by atoms with Crippen LogP contribution in [-0.4, -0.2) is 0 Å². The summed E-state index contributed by atoms with van der Waals surface area (Å²) in [5.41, 5.74) is 1.95. The van der Waals surface area contributed by atoms with Crippen LogP contribution in [0.4, 0.5) is 14.5 Å². The third-order valence-corrected chi connectivity index (χ3v) is 4.13. The van der Waals surface area contributed by atoms with Gasteiger partial charge in [-0.05, 0) is 29.6 Å². The van der Waals surface area contributed by atoms with Crippen LogP contribution in [0.2, 0.25) is 0 Å². The fraction of sp³-hybridized carbons (Fsp3) is 0.0588. The molecule has 3 aromatic rings. The number of nitrogens with one attached hydrogen (secondary N) is 1. The molecule has 4 heteroatoms. The molecule has 0 amide bonds. The first kappa shape index (κ1) is 13.8. The SMILES string of the molecule is Fc1cccc(F)c1CNc1ccccc1-c1cccs1. The molecule has 2 aromatic carbocycles. The lowest BCUT2D eigenvalue weighted by Crippen LogP contribution is -2.05. The van der Waals surface area contributed by atoms with E-state index in [9.17, 15) is 8.78 Å². The maximum Gasteiger partial charge on any atom is 0.131 e. The van der Waals surface area contributed by atoms with E-state index in [0.717, 1.165) is 16.1 Å². The molecule has 106 valence electrons. The standard InChI is InChI=1S/C17H13F2NS/c18-14-6-3-7-15(19)13(14)11-20-16-8-2-1-5-12(16)17-9-4-10-21-17/h1-10,20H,11H2. The second kappa shape index (κ2) is 6.06. The van der Waals surface area contributed by atoms with Crippen LogP contribution in [0.25, 0.3) is 10.4 Å². The van der Waals surface area contributed by atoms with E-state index in [4.69, 9.17) is 0 Å².